The zero-order valence-corrected chi connectivity index (χ0v) is 8.92. The lowest BCUT2D eigenvalue weighted by Gasteiger charge is -2.09. The van der Waals surface area contributed by atoms with E-state index < -0.39 is 5.97 Å². The molecule has 0 aliphatic heterocycles. The minimum Gasteiger partial charge on any atom is -0.478 e. The number of hydrogen-bond acceptors (Lipinski definition) is 2. The highest BCUT2D eigenvalue weighted by Crippen LogP contribution is 2.24. The van der Waals surface area contributed by atoms with Crippen molar-refractivity contribution in [2.24, 2.45) is 5.92 Å². The predicted molar refractivity (Wildman–Crippen MR) is 56.2 cm³/mol. The Kier molecular flexibility index (Phi) is 4.14. The molecule has 0 amide bonds. The first-order valence-corrected chi connectivity index (χ1v) is 5.23. The van der Waals surface area contributed by atoms with E-state index in [1.165, 1.54) is 19.3 Å². The molecule has 0 bridgehead atoms. The minimum atomic E-state index is -0.827. The van der Waals surface area contributed by atoms with Gasteiger partial charge < -0.3 is 10.4 Å². The fourth-order valence-corrected chi connectivity index (χ4v) is 1.86. The van der Waals surface area contributed by atoms with Crippen LogP contribution in [0.4, 0.5) is 0 Å². The fourth-order valence-electron chi connectivity index (χ4n) is 1.86. The van der Waals surface area contributed by atoms with Gasteiger partial charge in [-0.15, -0.1) is 0 Å². The molecule has 1 aliphatic rings. The van der Waals surface area contributed by atoms with Crippen molar-refractivity contribution in [2.45, 2.75) is 39.2 Å². The summed E-state index contributed by atoms with van der Waals surface area (Å²) in [6.45, 7) is 4.57. The zero-order chi connectivity index (χ0) is 10.6. The van der Waals surface area contributed by atoms with Crippen molar-refractivity contribution in [1.29, 1.82) is 0 Å². The van der Waals surface area contributed by atoms with Crippen molar-refractivity contribution in [3.05, 3.63) is 11.6 Å². The van der Waals surface area contributed by atoms with Gasteiger partial charge in [0.05, 0.1) is 0 Å². The summed E-state index contributed by atoms with van der Waals surface area (Å²) in [5, 5.41) is 12.0. The van der Waals surface area contributed by atoms with E-state index in [1.54, 1.807) is 13.0 Å². The highest BCUT2D eigenvalue weighted by Gasteiger charge is 2.19. The summed E-state index contributed by atoms with van der Waals surface area (Å²) in [5.41, 5.74) is 0.420. The molecule has 0 spiro atoms. The molecule has 0 aromatic heterocycles. The van der Waals surface area contributed by atoms with Crippen molar-refractivity contribution in [2.75, 3.05) is 6.54 Å². The molecule has 0 saturated heterocycles. The molecule has 3 nitrogen and oxygen atoms in total. The van der Waals surface area contributed by atoms with Gasteiger partial charge in [-0.25, -0.2) is 4.79 Å². The third-order valence-electron chi connectivity index (χ3n) is 2.85. The Bertz CT molecular complexity index is 235. The molecular formula is C11H19NO2. The molecule has 2 unspecified atom stereocenters. The van der Waals surface area contributed by atoms with E-state index in [9.17, 15) is 4.79 Å². The Balaban J connectivity index is 2.21. The van der Waals surface area contributed by atoms with E-state index in [4.69, 9.17) is 5.11 Å². The molecule has 3 heteroatoms. The summed E-state index contributed by atoms with van der Waals surface area (Å²) >= 11 is 0. The Hall–Kier alpha value is -0.830. The van der Waals surface area contributed by atoms with E-state index in [1.807, 2.05) is 0 Å². The topological polar surface area (TPSA) is 49.3 Å². The Morgan fingerprint density at radius 3 is 2.79 bits per heavy atom. The molecule has 0 aromatic rings. The number of carboxylic acids is 1. The molecular weight excluding hydrogens is 178 g/mol. The maximum absolute atomic E-state index is 10.5. The third kappa shape index (κ3) is 3.50. The van der Waals surface area contributed by atoms with Crippen LogP contribution in [0.1, 0.15) is 33.1 Å². The zero-order valence-electron chi connectivity index (χ0n) is 8.92. The average molecular weight is 197 g/mol. The van der Waals surface area contributed by atoms with Crippen molar-refractivity contribution >= 4 is 5.97 Å². The normalized spacial score (nSPS) is 28.0. The van der Waals surface area contributed by atoms with Gasteiger partial charge in [-0.2, -0.15) is 0 Å². The van der Waals surface area contributed by atoms with Crippen molar-refractivity contribution in [3.8, 4) is 0 Å². The maximum Gasteiger partial charge on any atom is 0.330 e. The molecule has 0 heterocycles. The largest absolute Gasteiger partial charge is 0.478 e. The number of carboxylic acid groups (broad SMARTS) is 1. The molecule has 80 valence electrons. The summed E-state index contributed by atoms with van der Waals surface area (Å²) < 4.78 is 0. The molecule has 1 fully saturated rings. The Morgan fingerprint density at radius 1 is 1.57 bits per heavy atom. The SMILES string of the molecule is C/C(=C/CNC1CCC(C)C1)C(=O)O. The first-order valence-electron chi connectivity index (χ1n) is 5.23. The number of carbonyl (C=O) groups is 1. The van der Waals surface area contributed by atoms with Crippen LogP contribution in [0.3, 0.4) is 0 Å². The second kappa shape index (κ2) is 5.15. The van der Waals surface area contributed by atoms with Crippen molar-refractivity contribution < 1.29 is 9.90 Å². The van der Waals surface area contributed by atoms with Gasteiger partial charge in [-0.3, -0.25) is 0 Å². The second-order valence-electron chi connectivity index (χ2n) is 4.22. The monoisotopic (exact) mass is 197 g/mol. The summed E-state index contributed by atoms with van der Waals surface area (Å²) in [4.78, 5) is 10.5. The van der Waals surface area contributed by atoms with Crippen molar-refractivity contribution in [3.63, 3.8) is 0 Å². The van der Waals surface area contributed by atoms with Gasteiger partial charge in [0.2, 0.25) is 0 Å². The summed E-state index contributed by atoms with van der Waals surface area (Å²) in [7, 11) is 0. The lowest BCUT2D eigenvalue weighted by molar-refractivity contribution is -0.132. The maximum atomic E-state index is 10.5. The van der Waals surface area contributed by atoms with Crippen LogP contribution in [0.5, 0.6) is 0 Å². The molecule has 2 atom stereocenters. The number of aliphatic carboxylic acids is 1. The van der Waals surface area contributed by atoms with Gasteiger partial charge in [0.25, 0.3) is 0 Å². The van der Waals surface area contributed by atoms with Crippen LogP contribution in [0.15, 0.2) is 11.6 Å². The van der Waals surface area contributed by atoms with E-state index in [0.717, 1.165) is 5.92 Å². The van der Waals surface area contributed by atoms with Crippen molar-refractivity contribution in [1.82, 2.24) is 5.32 Å². The van der Waals surface area contributed by atoms with Gasteiger partial charge in [0.15, 0.2) is 0 Å². The van der Waals surface area contributed by atoms with Crippen LogP contribution in [0.25, 0.3) is 0 Å². The second-order valence-corrected chi connectivity index (χ2v) is 4.22. The number of rotatable bonds is 4. The first-order chi connectivity index (χ1) is 6.59. The summed E-state index contributed by atoms with van der Waals surface area (Å²) in [6.07, 6.45) is 5.48. The van der Waals surface area contributed by atoms with Gasteiger partial charge in [-0.05, 0) is 32.1 Å². The fraction of sp³-hybridized carbons (Fsp3) is 0.727. The quantitative estimate of drug-likeness (QED) is 0.676. The molecule has 1 aliphatic carbocycles. The van der Waals surface area contributed by atoms with E-state index in [-0.39, 0.29) is 0 Å². The minimum absolute atomic E-state index is 0.420. The van der Waals surface area contributed by atoms with Crippen LogP contribution in [0, 0.1) is 5.92 Å². The van der Waals surface area contributed by atoms with Gasteiger partial charge >= 0.3 is 5.97 Å². The number of hydrogen-bond donors (Lipinski definition) is 2. The molecule has 1 saturated carbocycles. The molecule has 0 radical (unpaired) electrons. The van der Waals surface area contributed by atoms with Gasteiger partial charge in [-0.1, -0.05) is 13.0 Å². The molecule has 1 rings (SSSR count). The number of nitrogens with one attached hydrogen (secondary N) is 1. The van der Waals surface area contributed by atoms with Crippen LogP contribution in [-0.4, -0.2) is 23.7 Å². The molecule has 2 N–H and O–H groups in total. The van der Waals surface area contributed by atoms with Crippen LogP contribution < -0.4 is 5.32 Å². The third-order valence-corrected chi connectivity index (χ3v) is 2.85. The first kappa shape index (κ1) is 11.2. The highest BCUT2D eigenvalue weighted by atomic mass is 16.4. The highest BCUT2D eigenvalue weighted by molar-refractivity contribution is 5.85. The van der Waals surface area contributed by atoms with Gasteiger partial charge in [0.1, 0.15) is 0 Å². The van der Waals surface area contributed by atoms with Crippen LogP contribution in [-0.2, 0) is 4.79 Å². The van der Waals surface area contributed by atoms with E-state index in [0.29, 0.717) is 18.2 Å². The summed E-state index contributed by atoms with van der Waals surface area (Å²) in [5.74, 6) is -0.0105. The lowest BCUT2D eigenvalue weighted by atomic mass is 10.1. The summed E-state index contributed by atoms with van der Waals surface area (Å²) in [6, 6.07) is 0.586. The Labute approximate surface area is 85.2 Å². The van der Waals surface area contributed by atoms with Crippen LogP contribution >= 0.6 is 0 Å². The van der Waals surface area contributed by atoms with E-state index >= 15 is 0 Å². The van der Waals surface area contributed by atoms with Gasteiger partial charge in [0, 0.05) is 18.2 Å². The van der Waals surface area contributed by atoms with Crippen LogP contribution in [0.2, 0.25) is 0 Å². The standard InChI is InChI=1S/C11H19NO2/c1-8-3-4-10(7-8)12-6-5-9(2)11(13)14/h5,8,10,12H,3-4,6-7H2,1-2H3,(H,13,14)/b9-5-. The van der Waals surface area contributed by atoms with E-state index in [2.05, 4.69) is 12.2 Å². The predicted octanol–water partition coefficient (Wildman–Crippen LogP) is 1.80. The molecule has 0 aromatic carbocycles. The molecule has 14 heavy (non-hydrogen) atoms. The Morgan fingerprint density at radius 2 is 2.29 bits per heavy atom. The average Bonchev–Trinajstić information content (AvgIpc) is 2.51. The smallest absolute Gasteiger partial charge is 0.330 e. The lowest BCUT2D eigenvalue weighted by Crippen LogP contribution is -2.26.